The molecule has 0 saturated carbocycles. The average Bonchev–Trinajstić information content (AvgIpc) is 2.76. The van der Waals surface area contributed by atoms with Gasteiger partial charge in [-0.2, -0.15) is 0 Å². The predicted molar refractivity (Wildman–Crippen MR) is 73.8 cm³/mol. The van der Waals surface area contributed by atoms with Crippen LogP contribution in [0.4, 0.5) is 5.82 Å². The number of sulfonamides is 1. The summed E-state index contributed by atoms with van der Waals surface area (Å²) in [5.74, 6) is 1.30. The summed E-state index contributed by atoms with van der Waals surface area (Å²) in [6, 6.07) is 3.04. The SMILES string of the molecule is CNc1ncccc1S(=O)(=O)NCc1nc(C)c(C)o1. The minimum absolute atomic E-state index is 0.00490. The third-order valence-electron chi connectivity index (χ3n) is 2.78. The first-order valence-corrected chi connectivity index (χ1v) is 7.47. The first kappa shape index (κ1) is 14.5. The number of oxazole rings is 1. The molecule has 0 aliphatic rings. The quantitative estimate of drug-likeness (QED) is 0.860. The molecule has 0 radical (unpaired) electrons. The molecule has 0 aliphatic carbocycles. The van der Waals surface area contributed by atoms with Crippen molar-refractivity contribution >= 4 is 15.8 Å². The Morgan fingerprint density at radius 3 is 2.70 bits per heavy atom. The molecule has 0 amide bonds. The number of pyridine rings is 1. The minimum Gasteiger partial charge on any atom is -0.444 e. The van der Waals surface area contributed by atoms with Crippen LogP contribution in [0.25, 0.3) is 0 Å². The molecule has 20 heavy (non-hydrogen) atoms. The predicted octanol–water partition coefficient (Wildman–Crippen LogP) is 1.21. The smallest absolute Gasteiger partial charge is 0.244 e. The van der Waals surface area contributed by atoms with Crippen molar-refractivity contribution in [1.29, 1.82) is 0 Å². The van der Waals surface area contributed by atoms with Gasteiger partial charge in [0, 0.05) is 13.2 Å². The van der Waals surface area contributed by atoms with Crippen molar-refractivity contribution < 1.29 is 12.8 Å². The lowest BCUT2D eigenvalue weighted by atomic mass is 10.4. The zero-order valence-corrected chi connectivity index (χ0v) is 12.3. The summed E-state index contributed by atoms with van der Waals surface area (Å²) in [5.41, 5.74) is 0.747. The fourth-order valence-corrected chi connectivity index (χ4v) is 2.78. The minimum atomic E-state index is -3.68. The maximum atomic E-state index is 12.2. The summed E-state index contributed by atoms with van der Waals surface area (Å²) in [5, 5.41) is 2.74. The highest BCUT2D eigenvalue weighted by atomic mass is 32.2. The summed E-state index contributed by atoms with van der Waals surface area (Å²) in [6.45, 7) is 3.58. The van der Waals surface area contributed by atoms with Gasteiger partial charge in [-0.05, 0) is 26.0 Å². The summed E-state index contributed by atoms with van der Waals surface area (Å²) >= 11 is 0. The molecule has 108 valence electrons. The largest absolute Gasteiger partial charge is 0.444 e. The van der Waals surface area contributed by atoms with Crippen molar-refractivity contribution in [3.05, 3.63) is 35.7 Å². The lowest BCUT2D eigenvalue weighted by molar-refractivity contribution is 0.463. The van der Waals surface area contributed by atoms with E-state index >= 15 is 0 Å². The van der Waals surface area contributed by atoms with Gasteiger partial charge in [-0.15, -0.1) is 0 Å². The summed E-state index contributed by atoms with van der Waals surface area (Å²) in [4.78, 5) is 8.18. The van der Waals surface area contributed by atoms with Crippen molar-refractivity contribution in [2.75, 3.05) is 12.4 Å². The monoisotopic (exact) mass is 296 g/mol. The Morgan fingerprint density at radius 1 is 1.35 bits per heavy atom. The molecular formula is C12H16N4O3S. The topological polar surface area (TPSA) is 97.1 Å². The van der Waals surface area contributed by atoms with Gasteiger partial charge < -0.3 is 9.73 Å². The molecule has 0 aromatic carbocycles. The molecule has 7 nitrogen and oxygen atoms in total. The molecule has 0 atom stereocenters. The molecule has 0 unspecified atom stereocenters. The van der Waals surface area contributed by atoms with Crippen molar-refractivity contribution in [2.45, 2.75) is 25.3 Å². The van der Waals surface area contributed by atoms with E-state index in [9.17, 15) is 8.42 Å². The lowest BCUT2D eigenvalue weighted by Gasteiger charge is -2.08. The van der Waals surface area contributed by atoms with Crippen LogP contribution in [-0.2, 0) is 16.6 Å². The van der Waals surface area contributed by atoms with Gasteiger partial charge >= 0.3 is 0 Å². The Hall–Kier alpha value is -1.93. The highest BCUT2D eigenvalue weighted by Gasteiger charge is 2.19. The van der Waals surface area contributed by atoms with Crippen molar-refractivity contribution in [3.8, 4) is 0 Å². The fourth-order valence-electron chi connectivity index (χ4n) is 1.64. The van der Waals surface area contributed by atoms with Crippen LogP contribution in [0.1, 0.15) is 17.3 Å². The van der Waals surface area contributed by atoms with Crippen LogP contribution in [0.3, 0.4) is 0 Å². The molecule has 2 N–H and O–H groups in total. The van der Waals surface area contributed by atoms with E-state index in [-0.39, 0.29) is 11.4 Å². The van der Waals surface area contributed by atoms with Crippen LogP contribution in [0.5, 0.6) is 0 Å². The summed E-state index contributed by atoms with van der Waals surface area (Å²) < 4.78 is 32.2. The zero-order valence-electron chi connectivity index (χ0n) is 11.5. The number of nitrogens with zero attached hydrogens (tertiary/aromatic N) is 2. The van der Waals surface area contributed by atoms with Gasteiger partial charge in [0.05, 0.1) is 12.2 Å². The molecule has 8 heteroatoms. The third kappa shape index (κ3) is 2.97. The van der Waals surface area contributed by atoms with Gasteiger partial charge in [-0.3, -0.25) is 0 Å². The van der Waals surface area contributed by atoms with E-state index in [4.69, 9.17) is 4.42 Å². The van der Waals surface area contributed by atoms with E-state index in [1.165, 1.54) is 12.3 Å². The summed E-state index contributed by atoms with van der Waals surface area (Å²) in [6.07, 6.45) is 1.52. The van der Waals surface area contributed by atoms with E-state index in [2.05, 4.69) is 20.0 Å². The molecule has 0 aliphatic heterocycles. The van der Waals surface area contributed by atoms with Gasteiger partial charge in [-0.25, -0.2) is 23.1 Å². The van der Waals surface area contributed by atoms with Crippen LogP contribution < -0.4 is 10.0 Å². The van der Waals surface area contributed by atoms with E-state index < -0.39 is 10.0 Å². The third-order valence-corrected chi connectivity index (χ3v) is 4.22. The number of hydrogen-bond donors (Lipinski definition) is 2. The van der Waals surface area contributed by atoms with Gasteiger partial charge in [0.2, 0.25) is 15.9 Å². The van der Waals surface area contributed by atoms with E-state index in [0.29, 0.717) is 17.5 Å². The molecule has 0 bridgehead atoms. The maximum Gasteiger partial charge on any atom is 0.244 e. The Morgan fingerprint density at radius 2 is 2.10 bits per heavy atom. The van der Waals surface area contributed by atoms with E-state index in [1.807, 2.05) is 0 Å². The zero-order chi connectivity index (χ0) is 14.8. The molecule has 0 spiro atoms. The van der Waals surface area contributed by atoms with Crippen LogP contribution in [0, 0.1) is 13.8 Å². The van der Waals surface area contributed by atoms with Gasteiger partial charge in [0.15, 0.2) is 0 Å². The molecule has 2 aromatic rings. The first-order valence-electron chi connectivity index (χ1n) is 5.99. The van der Waals surface area contributed by atoms with E-state index in [0.717, 1.165) is 5.69 Å². The Balaban J connectivity index is 2.19. The number of rotatable bonds is 5. The molecular weight excluding hydrogens is 280 g/mol. The Bertz CT molecular complexity index is 690. The second kappa shape index (κ2) is 5.59. The molecule has 2 heterocycles. The molecule has 2 rings (SSSR count). The second-order valence-corrected chi connectivity index (χ2v) is 5.91. The summed E-state index contributed by atoms with van der Waals surface area (Å²) in [7, 11) is -2.07. The fraction of sp³-hybridized carbons (Fsp3) is 0.333. The van der Waals surface area contributed by atoms with Gasteiger partial charge in [-0.1, -0.05) is 0 Å². The normalized spacial score (nSPS) is 11.6. The number of nitrogens with one attached hydrogen (secondary N) is 2. The lowest BCUT2D eigenvalue weighted by Crippen LogP contribution is -2.24. The van der Waals surface area contributed by atoms with E-state index in [1.54, 1.807) is 27.0 Å². The number of aryl methyl sites for hydroxylation is 2. The van der Waals surface area contributed by atoms with Gasteiger partial charge in [0.1, 0.15) is 16.5 Å². The van der Waals surface area contributed by atoms with Crippen LogP contribution in [-0.4, -0.2) is 25.4 Å². The molecule has 0 saturated heterocycles. The van der Waals surface area contributed by atoms with Gasteiger partial charge in [0.25, 0.3) is 0 Å². The van der Waals surface area contributed by atoms with Crippen molar-refractivity contribution in [3.63, 3.8) is 0 Å². The van der Waals surface area contributed by atoms with Crippen LogP contribution in [0.15, 0.2) is 27.6 Å². The van der Waals surface area contributed by atoms with Crippen molar-refractivity contribution in [2.24, 2.45) is 0 Å². The molecule has 2 aromatic heterocycles. The van der Waals surface area contributed by atoms with Crippen molar-refractivity contribution in [1.82, 2.24) is 14.7 Å². The van der Waals surface area contributed by atoms with Crippen LogP contribution >= 0.6 is 0 Å². The average molecular weight is 296 g/mol. The maximum absolute atomic E-state index is 12.2. The Kier molecular flexibility index (Phi) is 4.05. The first-order chi connectivity index (χ1) is 9.44. The highest BCUT2D eigenvalue weighted by Crippen LogP contribution is 2.17. The number of hydrogen-bond acceptors (Lipinski definition) is 6. The number of aromatic nitrogens is 2. The highest BCUT2D eigenvalue weighted by molar-refractivity contribution is 7.89. The second-order valence-electron chi connectivity index (χ2n) is 4.17. The molecule has 0 fully saturated rings. The standard InChI is InChI=1S/C12H16N4O3S/c1-8-9(2)19-11(16-8)7-15-20(17,18)10-5-4-6-14-12(10)13-3/h4-6,15H,7H2,1-3H3,(H,13,14). The van der Waals surface area contributed by atoms with Crippen LogP contribution in [0.2, 0.25) is 0 Å². The Labute approximate surface area is 117 Å². The number of anilines is 1.